The number of benzene rings is 1. The van der Waals surface area contributed by atoms with Crippen LogP contribution in [0.15, 0.2) is 40.0 Å². The van der Waals surface area contributed by atoms with Gasteiger partial charge in [0.05, 0.1) is 5.69 Å². The number of aromatic nitrogens is 1. The zero-order valence-corrected chi connectivity index (χ0v) is 14.1. The van der Waals surface area contributed by atoms with Crippen LogP contribution < -0.4 is 5.73 Å². The summed E-state index contributed by atoms with van der Waals surface area (Å²) in [6, 6.07) is 9.91. The molecule has 0 aliphatic carbocycles. The smallest absolute Gasteiger partial charge is 0.177 e. The highest BCUT2D eigenvalue weighted by molar-refractivity contribution is 5.98. The lowest BCUT2D eigenvalue weighted by Gasteiger charge is -2.27. The molecule has 6 nitrogen and oxygen atoms in total. The van der Waals surface area contributed by atoms with Crippen molar-refractivity contribution >= 4 is 5.84 Å². The van der Waals surface area contributed by atoms with Crippen LogP contribution in [0, 0.1) is 6.92 Å². The maximum Gasteiger partial charge on any atom is 0.177 e. The second-order valence-corrected chi connectivity index (χ2v) is 6.18. The van der Waals surface area contributed by atoms with E-state index in [1.807, 2.05) is 31.2 Å². The summed E-state index contributed by atoms with van der Waals surface area (Å²) in [4.78, 5) is 7.78. The van der Waals surface area contributed by atoms with Gasteiger partial charge >= 0.3 is 0 Å². The van der Waals surface area contributed by atoms with E-state index in [1.54, 1.807) is 0 Å². The first-order chi connectivity index (χ1) is 11.7. The fourth-order valence-electron chi connectivity index (χ4n) is 2.97. The topological polar surface area (TPSA) is 76.9 Å². The molecule has 3 rings (SSSR count). The number of nitrogens with two attached hydrogens (primary N) is 1. The minimum Gasteiger partial charge on any atom is -0.386 e. The Labute approximate surface area is 142 Å². The van der Waals surface area contributed by atoms with Crippen molar-refractivity contribution in [3.63, 3.8) is 0 Å². The van der Waals surface area contributed by atoms with Crippen LogP contribution in [0.25, 0.3) is 0 Å². The van der Waals surface area contributed by atoms with Gasteiger partial charge in [-0.25, -0.2) is 0 Å². The molecule has 1 aliphatic rings. The highest BCUT2D eigenvalue weighted by atomic mass is 16.6. The lowest BCUT2D eigenvalue weighted by molar-refractivity contribution is 0.109. The molecule has 128 valence electrons. The molecule has 2 aromatic rings. The molecule has 1 aromatic heterocycles. The molecule has 2 N–H and O–H groups in total. The van der Waals surface area contributed by atoms with E-state index in [4.69, 9.17) is 15.1 Å². The van der Waals surface area contributed by atoms with Gasteiger partial charge in [0.25, 0.3) is 0 Å². The second kappa shape index (κ2) is 7.97. The third kappa shape index (κ3) is 4.35. The number of aryl methyl sites for hydroxylation is 1. The predicted octanol–water partition coefficient (Wildman–Crippen LogP) is 2.81. The van der Waals surface area contributed by atoms with E-state index in [2.05, 4.69) is 21.3 Å². The highest BCUT2D eigenvalue weighted by Crippen LogP contribution is 2.16. The van der Waals surface area contributed by atoms with Crippen LogP contribution in [0.4, 0.5) is 0 Å². The van der Waals surface area contributed by atoms with Gasteiger partial charge in [0.2, 0.25) is 0 Å². The Morgan fingerprint density at radius 2 is 2.08 bits per heavy atom. The van der Waals surface area contributed by atoms with E-state index in [9.17, 15) is 0 Å². The molecule has 0 bridgehead atoms. The number of piperidine rings is 1. The average Bonchev–Trinajstić information content (AvgIpc) is 3.01. The molecule has 0 unspecified atom stereocenters. The van der Waals surface area contributed by atoms with E-state index >= 15 is 0 Å². The molecule has 0 spiro atoms. The second-order valence-electron chi connectivity index (χ2n) is 6.18. The molecule has 6 heteroatoms. The van der Waals surface area contributed by atoms with E-state index in [1.165, 1.54) is 24.8 Å². The SMILES string of the molecule is Cc1cc(CON=C(N)c2ccccc2CN2CCCCC2)on1. The Bertz CT molecular complexity index is 690. The average molecular weight is 328 g/mol. The highest BCUT2D eigenvalue weighted by Gasteiger charge is 2.14. The third-order valence-electron chi connectivity index (χ3n) is 4.18. The zero-order chi connectivity index (χ0) is 16.8. The van der Waals surface area contributed by atoms with Gasteiger partial charge in [0, 0.05) is 18.2 Å². The molecular weight excluding hydrogens is 304 g/mol. The van der Waals surface area contributed by atoms with Crippen LogP contribution in [0.1, 0.15) is 41.8 Å². The van der Waals surface area contributed by atoms with Crippen molar-refractivity contribution in [2.45, 2.75) is 39.3 Å². The van der Waals surface area contributed by atoms with Gasteiger partial charge in [0.1, 0.15) is 0 Å². The fraction of sp³-hybridized carbons (Fsp3) is 0.444. The molecule has 0 atom stereocenters. The summed E-state index contributed by atoms with van der Waals surface area (Å²) in [5, 5.41) is 7.85. The summed E-state index contributed by atoms with van der Waals surface area (Å²) >= 11 is 0. The van der Waals surface area contributed by atoms with Gasteiger partial charge < -0.3 is 15.1 Å². The molecule has 1 aliphatic heterocycles. The number of rotatable bonds is 6. The Morgan fingerprint density at radius 3 is 2.83 bits per heavy atom. The van der Waals surface area contributed by atoms with Crippen LogP contribution in [-0.2, 0) is 18.0 Å². The molecule has 24 heavy (non-hydrogen) atoms. The number of hydrogen-bond acceptors (Lipinski definition) is 5. The van der Waals surface area contributed by atoms with Crippen LogP contribution in [0.3, 0.4) is 0 Å². The van der Waals surface area contributed by atoms with Gasteiger partial charge in [-0.1, -0.05) is 41.0 Å². The Kier molecular flexibility index (Phi) is 5.48. The standard InChI is InChI=1S/C18H24N4O2/c1-14-11-16(24-20-14)13-23-21-18(19)17-8-4-3-7-15(17)12-22-9-5-2-6-10-22/h3-4,7-8,11H,2,5-6,9-10,12-13H2,1H3,(H2,19,21). The zero-order valence-electron chi connectivity index (χ0n) is 14.1. The monoisotopic (exact) mass is 328 g/mol. The molecular formula is C18H24N4O2. The molecule has 0 amide bonds. The van der Waals surface area contributed by atoms with Crippen molar-refractivity contribution in [2.24, 2.45) is 10.9 Å². The third-order valence-corrected chi connectivity index (χ3v) is 4.18. The quantitative estimate of drug-likeness (QED) is 0.501. The minimum atomic E-state index is 0.218. The van der Waals surface area contributed by atoms with Gasteiger partial charge in [-0.05, 0) is 38.4 Å². The molecule has 1 saturated heterocycles. The van der Waals surface area contributed by atoms with Gasteiger partial charge in [0.15, 0.2) is 18.2 Å². The molecule has 2 heterocycles. The lowest BCUT2D eigenvalue weighted by Crippen LogP contribution is -2.30. The molecule has 1 aromatic carbocycles. The Balaban J connectivity index is 1.64. The van der Waals surface area contributed by atoms with Crippen molar-refractivity contribution in [3.05, 3.63) is 52.9 Å². The van der Waals surface area contributed by atoms with Crippen LogP contribution in [0.2, 0.25) is 0 Å². The molecule has 0 radical (unpaired) electrons. The van der Waals surface area contributed by atoms with Crippen molar-refractivity contribution in [1.29, 1.82) is 0 Å². The number of oxime groups is 1. The summed E-state index contributed by atoms with van der Waals surface area (Å²) < 4.78 is 5.08. The molecule has 1 fully saturated rings. The number of nitrogens with zero attached hydrogens (tertiary/aromatic N) is 3. The molecule has 0 saturated carbocycles. The Morgan fingerprint density at radius 1 is 1.29 bits per heavy atom. The summed E-state index contributed by atoms with van der Waals surface area (Å²) in [6.07, 6.45) is 3.87. The number of amidine groups is 1. The summed E-state index contributed by atoms with van der Waals surface area (Å²) in [6.45, 7) is 5.27. The van der Waals surface area contributed by atoms with Gasteiger partial charge in [-0.15, -0.1) is 0 Å². The number of likely N-dealkylation sites (tertiary alicyclic amines) is 1. The summed E-state index contributed by atoms with van der Waals surface area (Å²) in [5.74, 6) is 1.02. The normalized spacial score (nSPS) is 16.3. The van der Waals surface area contributed by atoms with E-state index in [-0.39, 0.29) is 6.61 Å². The van der Waals surface area contributed by atoms with Crippen LogP contribution in [0.5, 0.6) is 0 Å². The van der Waals surface area contributed by atoms with Gasteiger partial charge in [-0.2, -0.15) is 0 Å². The van der Waals surface area contributed by atoms with Crippen molar-refractivity contribution in [1.82, 2.24) is 10.1 Å². The van der Waals surface area contributed by atoms with Crippen LogP contribution in [-0.4, -0.2) is 29.0 Å². The van der Waals surface area contributed by atoms with E-state index < -0.39 is 0 Å². The van der Waals surface area contributed by atoms with Crippen molar-refractivity contribution in [2.75, 3.05) is 13.1 Å². The van der Waals surface area contributed by atoms with Crippen molar-refractivity contribution in [3.8, 4) is 0 Å². The van der Waals surface area contributed by atoms with Crippen molar-refractivity contribution < 1.29 is 9.36 Å². The lowest BCUT2D eigenvalue weighted by atomic mass is 10.0. The summed E-state index contributed by atoms with van der Waals surface area (Å²) in [5.41, 5.74) is 9.06. The van der Waals surface area contributed by atoms with Gasteiger partial charge in [-0.3, -0.25) is 4.90 Å². The minimum absolute atomic E-state index is 0.218. The maximum atomic E-state index is 6.13. The summed E-state index contributed by atoms with van der Waals surface area (Å²) in [7, 11) is 0. The number of hydrogen-bond donors (Lipinski definition) is 1. The van der Waals surface area contributed by atoms with E-state index in [0.29, 0.717) is 11.6 Å². The maximum absolute atomic E-state index is 6.13. The first-order valence-corrected chi connectivity index (χ1v) is 8.40. The largest absolute Gasteiger partial charge is 0.386 e. The first-order valence-electron chi connectivity index (χ1n) is 8.40. The van der Waals surface area contributed by atoms with E-state index in [0.717, 1.165) is 30.9 Å². The predicted molar refractivity (Wildman–Crippen MR) is 92.3 cm³/mol. The van der Waals surface area contributed by atoms with Crippen LogP contribution >= 0.6 is 0 Å². The fourth-order valence-corrected chi connectivity index (χ4v) is 2.97. The Hall–Kier alpha value is -2.34. The first kappa shape index (κ1) is 16.5.